The van der Waals surface area contributed by atoms with Crippen molar-refractivity contribution < 1.29 is 25.6 Å². The number of nitrogens with one attached hydrogen (secondary N) is 1. The lowest BCUT2D eigenvalue weighted by Crippen LogP contribution is -2.23. The molecule has 0 unspecified atom stereocenters. The molecule has 0 fully saturated rings. The molecule has 130 heavy (non-hydrogen) atoms. The first-order chi connectivity index (χ1) is 63.3. The average Bonchev–Trinajstić information content (AvgIpc) is 1.09. The van der Waals surface area contributed by atoms with Crippen LogP contribution in [0, 0.1) is 0 Å². The Balaban J connectivity index is 0.000000125. The molecule has 642 valence electrons. The van der Waals surface area contributed by atoms with Gasteiger partial charge in [0.2, 0.25) is 0 Å². The SMILES string of the molecule is CCCNC(=O)c1ccc(-n2cc(-c3cc(N)nc4ccccc34)nn2)cc1.NC(=NO)c1ccc(-c2ccc(-c3cc(N)nc4ccccc34)cn2)cc1.NC(=NO)c1ccc(-c2ccn(-c3cc(N)nc4ccccc34)n2)cc1.NC(=NO)c1ccc(-n2cc(-c3cc(N)nc4ccccc34)nn2)cc1.NC(=NO)c1ccc(/C=C/c2cnc(N)c3ccccc23)cc1. The van der Waals surface area contributed by atoms with Gasteiger partial charge in [0.05, 0.1) is 62.9 Å². The number of rotatable bonds is 17. The van der Waals surface area contributed by atoms with Crippen molar-refractivity contribution in [3.05, 3.63) is 355 Å². The van der Waals surface area contributed by atoms with Gasteiger partial charge in [-0.15, -0.1) is 10.2 Å². The first-order valence-corrected chi connectivity index (χ1v) is 40.3. The summed E-state index contributed by atoms with van der Waals surface area (Å²) in [5.41, 5.74) is 71.6. The van der Waals surface area contributed by atoms with E-state index in [1.54, 1.807) is 99.1 Å². The number of benzene rings is 10. The molecule has 0 spiro atoms. The number of pyridine rings is 6. The number of oxime groups is 4. The number of hydrogen-bond donors (Lipinski definition) is 14. The molecule has 23 N–H and O–H groups in total. The Labute approximate surface area is 741 Å². The van der Waals surface area contributed by atoms with Crippen molar-refractivity contribution >= 4 is 125 Å². The number of para-hydroxylation sites is 4. The van der Waals surface area contributed by atoms with Crippen LogP contribution in [0.4, 0.5) is 29.1 Å². The minimum Gasteiger partial charge on any atom is -0.409 e. The lowest BCUT2D eigenvalue weighted by Gasteiger charge is -2.09. The van der Waals surface area contributed by atoms with E-state index >= 15 is 0 Å². The van der Waals surface area contributed by atoms with E-state index in [2.05, 4.69) is 81.6 Å². The molecule has 1 amide bonds. The molecule has 0 aliphatic heterocycles. The van der Waals surface area contributed by atoms with Crippen LogP contribution in [0.3, 0.4) is 0 Å². The molecule has 19 rings (SSSR count). The van der Waals surface area contributed by atoms with Crippen molar-refractivity contribution in [1.29, 1.82) is 0 Å². The highest BCUT2D eigenvalue weighted by Gasteiger charge is 2.18. The van der Waals surface area contributed by atoms with Crippen molar-refractivity contribution in [1.82, 2.24) is 75.0 Å². The molecule has 0 bridgehead atoms. The fourth-order valence-electron chi connectivity index (χ4n) is 14.0. The zero-order valence-corrected chi connectivity index (χ0v) is 69.5. The normalized spacial score (nSPS) is 11.6. The van der Waals surface area contributed by atoms with E-state index in [1.165, 1.54) is 0 Å². The predicted octanol–water partition coefficient (Wildman–Crippen LogP) is 14.9. The summed E-state index contributed by atoms with van der Waals surface area (Å²) in [7, 11) is 0. The Morgan fingerprint density at radius 1 is 0.377 bits per heavy atom. The van der Waals surface area contributed by atoms with Crippen LogP contribution in [0.15, 0.2) is 337 Å². The molecule has 33 nitrogen and oxygen atoms in total. The number of nitrogens with zero attached hydrogens (tertiary/aromatic N) is 18. The van der Waals surface area contributed by atoms with E-state index in [0.29, 0.717) is 74.8 Å². The lowest BCUT2D eigenvalue weighted by atomic mass is 10.0. The van der Waals surface area contributed by atoms with E-state index in [-0.39, 0.29) is 29.2 Å². The van der Waals surface area contributed by atoms with Crippen molar-refractivity contribution in [3.8, 4) is 73.2 Å². The maximum absolute atomic E-state index is 12.0. The van der Waals surface area contributed by atoms with Gasteiger partial charge in [0.15, 0.2) is 23.3 Å². The third-order valence-corrected chi connectivity index (χ3v) is 20.6. The number of fused-ring (bicyclic) bond motifs is 5. The largest absolute Gasteiger partial charge is 0.409 e. The Hall–Kier alpha value is -18.8. The third-order valence-electron chi connectivity index (χ3n) is 20.6. The number of hydrogen-bond acceptors (Lipinski definition) is 25. The number of aromatic nitrogens is 14. The standard InChI is InChI=1S/C21H20N6O.C21H17N5O.C19H16N6O.C18H15N7O.C18H16N4O/c1-2-11-23-21(28)14-7-9-15(10-8-14)27-13-19(25-26-27)17-12-20(22)24-18-6-4-3-5-16(17)18;22-20-11-17(16-3-1-2-4-19(16)25-20)15-9-10-18(24-12-15)13-5-7-14(8-6-13)21(23)26-27;20-18-11-17(14-3-1-2-4-16(14)22-18)25-10-9-15(23-25)12-5-7-13(8-6-12)19(21)24-26;19-17-9-14(13-3-1-2-4-15(13)21-17)16-10-25(24-22-16)12-7-5-11(6-8-12)18(20)23-26;19-17(22-23)13-8-5-12(6-9-13)7-10-14-11-21-18(20)16-4-2-1-3-15(14)16/h3-10,12-13H,2,11H2,1H3,(H2,22,24)(H,23,28);1-12,27H,(H2,22,25)(H2,23,26);1-11,26H,(H2,20,22)(H2,21,24);1-10,26H,(H2,19,21)(H2,20,23);1-11,23H,(H2,19,22)(H2,20,21)/b;;;;10-7+. The summed E-state index contributed by atoms with van der Waals surface area (Å²) in [4.78, 5) is 38.3. The number of nitrogen functional groups attached to an aromatic ring is 5. The van der Waals surface area contributed by atoms with Gasteiger partial charge in [-0.2, -0.15) is 5.10 Å². The fraction of sp³-hybridized carbons (Fsp3) is 0.0309. The number of carbonyl (C=O) groups excluding carboxylic acids is 1. The van der Waals surface area contributed by atoms with Crippen LogP contribution >= 0.6 is 0 Å². The van der Waals surface area contributed by atoms with Gasteiger partial charge < -0.3 is 77.7 Å². The molecular formula is C97H84N28O5. The van der Waals surface area contributed by atoms with Gasteiger partial charge in [0.25, 0.3) is 5.91 Å². The van der Waals surface area contributed by atoms with Gasteiger partial charge in [-0.05, 0) is 126 Å². The molecule has 9 heterocycles. The molecule has 10 aromatic carbocycles. The van der Waals surface area contributed by atoms with Crippen LogP contribution in [-0.4, -0.2) is 126 Å². The summed E-state index contributed by atoms with van der Waals surface area (Å²) in [6, 6.07) is 88.7. The van der Waals surface area contributed by atoms with Crippen molar-refractivity contribution in [3.63, 3.8) is 0 Å². The van der Waals surface area contributed by atoms with Gasteiger partial charge in [-0.1, -0.05) is 226 Å². The Kier molecular flexibility index (Phi) is 26.2. The van der Waals surface area contributed by atoms with Crippen LogP contribution in [0.5, 0.6) is 0 Å². The monoisotopic (exact) mass is 1720 g/mol. The molecule has 0 aliphatic carbocycles. The summed E-state index contributed by atoms with van der Waals surface area (Å²) < 4.78 is 5.11. The van der Waals surface area contributed by atoms with Crippen LogP contribution in [0.25, 0.3) is 140 Å². The van der Waals surface area contributed by atoms with Gasteiger partial charge in [-0.3, -0.25) is 9.78 Å². The number of nitrogens with two attached hydrogens (primary N) is 9. The summed E-state index contributed by atoms with van der Waals surface area (Å²) in [6.45, 7) is 2.68. The van der Waals surface area contributed by atoms with Crippen LogP contribution in [0.2, 0.25) is 0 Å². The number of anilines is 5. The molecule has 0 atom stereocenters. The van der Waals surface area contributed by atoms with Crippen LogP contribution in [0.1, 0.15) is 57.1 Å². The summed E-state index contributed by atoms with van der Waals surface area (Å²) in [5, 5.41) is 77.3. The molecule has 0 saturated heterocycles. The Morgan fingerprint density at radius 2 is 0.769 bits per heavy atom. The van der Waals surface area contributed by atoms with Gasteiger partial charge in [-0.25, -0.2) is 39.0 Å². The van der Waals surface area contributed by atoms with Gasteiger partial charge in [0, 0.05) is 119 Å². The van der Waals surface area contributed by atoms with Crippen molar-refractivity contribution in [2.45, 2.75) is 13.3 Å². The van der Waals surface area contributed by atoms with E-state index in [0.717, 1.165) is 134 Å². The van der Waals surface area contributed by atoms with Crippen molar-refractivity contribution in [2.75, 3.05) is 35.2 Å². The second-order valence-electron chi connectivity index (χ2n) is 29.1. The first-order valence-electron chi connectivity index (χ1n) is 40.3. The average molecular weight is 1720 g/mol. The fourth-order valence-corrected chi connectivity index (χ4v) is 14.0. The third kappa shape index (κ3) is 19.9. The zero-order chi connectivity index (χ0) is 90.7. The molecule has 33 heteroatoms. The minimum atomic E-state index is -0.0774. The Morgan fingerprint density at radius 3 is 1.23 bits per heavy atom. The number of amidine groups is 4. The maximum atomic E-state index is 12.0. The minimum absolute atomic E-state index is 0.0505. The highest BCUT2D eigenvalue weighted by atomic mass is 16.4. The highest BCUT2D eigenvalue weighted by Crippen LogP contribution is 2.35. The summed E-state index contributed by atoms with van der Waals surface area (Å²) >= 11 is 0. The zero-order valence-electron chi connectivity index (χ0n) is 69.5. The second kappa shape index (κ2) is 39.6. The van der Waals surface area contributed by atoms with Crippen LogP contribution < -0.4 is 56.9 Å². The quantitative estimate of drug-likeness (QED) is 0.0174. The van der Waals surface area contributed by atoms with E-state index in [4.69, 9.17) is 72.4 Å². The van der Waals surface area contributed by atoms with Crippen molar-refractivity contribution in [2.24, 2.45) is 43.6 Å². The second-order valence-corrected chi connectivity index (χ2v) is 29.1. The first kappa shape index (κ1) is 86.1. The molecule has 0 aliphatic rings. The van der Waals surface area contributed by atoms with Gasteiger partial charge in [0.1, 0.15) is 40.5 Å². The van der Waals surface area contributed by atoms with E-state index < -0.39 is 0 Å². The summed E-state index contributed by atoms with van der Waals surface area (Å²) in [6.07, 6.45) is 14.0. The van der Waals surface area contributed by atoms with E-state index in [1.807, 2.05) is 250 Å². The molecule has 19 aromatic rings. The molecule has 0 saturated carbocycles. The predicted molar refractivity (Wildman–Crippen MR) is 511 cm³/mol. The molecule has 9 aromatic heterocycles. The molecule has 0 radical (unpaired) electrons. The molecular weight excluding hydrogens is 1640 g/mol. The lowest BCUT2D eigenvalue weighted by molar-refractivity contribution is 0.0953. The number of carbonyl (C=O) groups is 1. The van der Waals surface area contributed by atoms with Gasteiger partial charge >= 0.3 is 0 Å². The number of amides is 1. The maximum Gasteiger partial charge on any atom is 0.251 e. The van der Waals surface area contributed by atoms with E-state index in [9.17, 15) is 4.79 Å². The smallest absolute Gasteiger partial charge is 0.251 e. The van der Waals surface area contributed by atoms with Crippen LogP contribution in [-0.2, 0) is 0 Å². The Bertz CT molecular complexity index is 7270. The highest BCUT2D eigenvalue weighted by molar-refractivity contribution is 6.03. The topological polar surface area (TPSA) is 550 Å². The summed E-state index contributed by atoms with van der Waals surface area (Å²) in [5.74, 6) is 2.52.